The van der Waals surface area contributed by atoms with Crippen LogP contribution in [-0.4, -0.2) is 42.3 Å². The highest BCUT2D eigenvalue weighted by Gasteiger charge is 2.29. The van der Waals surface area contributed by atoms with Gasteiger partial charge in [-0.1, -0.05) is 0 Å². The van der Waals surface area contributed by atoms with Crippen molar-refractivity contribution in [1.82, 2.24) is 10.2 Å². The number of ether oxygens (including phenoxy) is 1. The van der Waals surface area contributed by atoms with E-state index in [9.17, 15) is 4.79 Å². The number of rotatable bonds is 4. The van der Waals surface area contributed by atoms with Crippen molar-refractivity contribution >= 4 is 6.09 Å². The van der Waals surface area contributed by atoms with E-state index in [0.29, 0.717) is 5.92 Å². The smallest absolute Gasteiger partial charge is 0.410 e. The molecule has 0 radical (unpaired) electrons. The predicted molar refractivity (Wildman–Crippen MR) is 71.6 cm³/mol. The van der Waals surface area contributed by atoms with Crippen LogP contribution in [0.3, 0.4) is 0 Å². The minimum Gasteiger partial charge on any atom is -0.444 e. The van der Waals surface area contributed by atoms with Crippen molar-refractivity contribution in [2.24, 2.45) is 5.92 Å². The molecule has 104 valence electrons. The van der Waals surface area contributed by atoms with Crippen LogP contribution in [0.4, 0.5) is 4.79 Å². The Balaban J connectivity index is 1.65. The number of likely N-dealkylation sites (tertiary alicyclic amines) is 1. The number of carbonyl (C=O) groups excluding carboxylic acids is 1. The Morgan fingerprint density at radius 1 is 1.33 bits per heavy atom. The van der Waals surface area contributed by atoms with Gasteiger partial charge >= 0.3 is 6.09 Å². The maximum Gasteiger partial charge on any atom is 0.410 e. The molecule has 1 saturated carbocycles. The molecular formula is C14H26N2O2. The molecular weight excluding hydrogens is 228 g/mol. The molecule has 1 atom stereocenters. The fourth-order valence-electron chi connectivity index (χ4n) is 2.34. The summed E-state index contributed by atoms with van der Waals surface area (Å²) in [5.41, 5.74) is -0.386. The Morgan fingerprint density at radius 2 is 2.06 bits per heavy atom. The van der Waals surface area contributed by atoms with E-state index in [0.717, 1.165) is 32.1 Å². The Labute approximate surface area is 110 Å². The van der Waals surface area contributed by atoms with E-state index in [2.05, 4.69) is 5.32 Å². The number of hydrogen-bond donors (Lipinski definition) is 1. The normalized spacial score (nSPS) is 24.4. The number of hydrogen-bond acceptors (Lipinski definition) is 3. The predicted octanol–water partition coefficient (Wildman–Crippen LogP) is 2.39. The van der Waals surface area contributed by atoms with Crippen molar-refractivity contribution in [3.63, 3.8) is 0 Å². The largest absolute Gasteiger partial charge is 0.444 e. The maximum atomic E-state index is 11.9. The Kier molecular flexibility index (Phi) is 4.15. The first kappa shape index (κ1) is 13.7. The summed E-state index contributed by atoms with van der Waals surface area (Å²) in [5.74, 6) is 0.642. The van der Waals surface area contributed by atoms with Gasteiger partial charge in [0.15, 0.2) is 0 Å². The van der Waals surface area contributed by atoms with Gasteiger partial charge in [0.05, 0.1) is 0 Å². The summed E-state index contributed by atoms with van der Waals surface area (Å²) in [6, 6.07) is 0.786. The van der Waals surface area contributed by atoms with Crippen LogP contribution in [0.1, 0.15) is 46.5 Å². The summed E-state index contributed by atoms with van der Waals surface area (Å²) in [6.07, 6.45) is 4.82. The van der Waals surface area contributed by atoms with Crippen LogP contribution < -0.4 is 5.32 Å². The lowest BCUT2D eigenvalue weighted by molar-refractivity contribution is 0.0287. The van der Waals surface area contributed by atoms with Crippen molar-refractivity contribution in [2.75, 3.05) is 19.6 Å². The summed E-state index contributed by atoms with van der Waals surface area (Å²) < 4.78 is 5.39. The molecule has 1 heterocycles. The molecule has 2 aliphatic rings. The Morgan fingerprint density at radius 3 is 2.67 bits per heavy atom. The first-order chi connectivity index (χ1) is 8.44. The Bertz CT molecular complexity index is 295. The number of nitrogens with zero attached hydrogens (tertiary/aromatic N) is 1. The molecule has 2 fully saturated rings. The molecule has 1 saturated heterocycles. The van der Waals surface area contributed by atoms with E-state index in [1.165, 1.54) is 19.3 Å². The van der Waals surface area contributed by atoms with Crippen molar-refractivity contribution in [1.29, 1.82) is 0 Å². The van der Waals surface area contributed by atoms with Gasteiger partial charge in [-0.3, -0.25) is 0 Å². The minimum absolute atomic E-state index is 0.153. The fraction of sp³-hybridized carbons (Fsp3) is 0.929. The first-order valence-corrected chi connectivity index (χ1v) is 7.15. The number of amides is 1. The molecule has 4 nitrogen and oxygen atoms in total. The molecule has 1 aliphatic carbocycles. The van der Waals surface area contributed by atoms with Gasteiger partial charge in [-0.05, 0) is 58.9 Å². The van der Waals surface area contributed by atoms with Crippen LogP contribution in [0, 0.1) is 5.92 Å². The number of carbonyl (C=O) groups is 1. The highest BCUT2D eigenvalue weighted by atomic mass is 16.6. The van der Waals surface area contributed by atoms with E-state index in [-0.39, 0.29) is 11.7 Å². The fourth-order valence-corrected chi connectivity index (χ4v) is 2.34. The molecule has 0 aromatic rings. The van der Waals surface area contributed by atoms with Crippen LogP contribution in [0.2, 0.25) is 0 Å². The molecule has 1 amide bonds. The third kappa shape index (κ3) is 4.48. The van der Waals surface area contributed by atoms with E-state index >= 15 is 0 Å². The quantitative estimate of drug-likeness (QED) is 0.837. The summed E-state index contributed by atoms with van der Waals surface area (Å²) in [6.45, 7) is 8.55. The maximum absolute atomic E-state index is 11.9. The highest BCUT2D eigenvalue weighted by Crippen LogP contribution is 2.23. The standard InChI is InChI=1S/C14H26N2O2/c1-14(2,3)18-13(17)16-9-7-11(10-16)6-8-15-12-4-5-12/h11-12,15H,4-10H2,1-3H3/t11-/m0/s1. The van der Waals surface area contributed by atoms with Gasteiger partial charge in [-0.25, -0.2) is 4.79 Å². The van der Waals surface area contributed by atoms with Gasteiger partial charge in [0.1, 0.15) is 5.60 Å². The molecule has 0 bridgehead atoms. The molecule has 2 rings (SSSR count). The van der Waals surface area contributed by atoms with Crippen molar-refractivity contribution in [2.45, 2.75) is 58.1 Å². The van der Waals surface area contributed by atoms with Gasteiger partial charge in [-0.15, -0.1) is 0 Å². The van der Waals surface area contributed by atoms with Crippen LogP contribution in [0.25, 0.3) is 0 Å². The van der Waals surface area contributed by atoms with E-state index in [1.54, 1.807) is 0 Å². The second kappa shape index (κ2) is 5.47. The van der Waals surface area contributed by atoms with Gasteiger partial charge in [0, 0.05) is 19.1 Å². The zero-order valence-corrected chi connectivity index (χ0v) is 11.9. The van der Waals surface area contributed by atoms with Gasteiger partial charge in [0.2, 0.25) is 0 Å². The molecule has 0 aromatic heterocycles. The molecule has 1 aliphatic heterocycles. The van der Waals surface area contributed by atoms with E-state index in [4.69, 9.17) is 4.74 Å². The van der Waals surface area contributed by atoms with Crippen LogP contribution in [0.5, 0.6) is 0 Å². The molecule has 18 heavy (non-hydrogen) atoms. The second-order valence-electron chi connectivity index (χ2n) is 6.60. The second-order valence-corrected chi connectivity index (χ2v) is 6.60. The SMILES string of the molecule is CC(C)(C)OC(=O)N1CC[C@H](CCNC2CC2)C1. The van der Waals surface area contributed by atoms with Gasteiger partial charge in [0.25, 0.3) is 0 Å². The summed E-state index contributed by atoms with van der Waals surface area (Å²) in [7, 11) is 0. The lowest BCUT2D eigenvalue weighted by Crippen LogP contribution is -2.35. The van der Waals surface area contributed by atoms with E-state index in [1.807, 2.05) is 25.7 Å². The van der Waals surface area contributed by atoms with Crippen LogP contribution in [-0.2, 0) is 4.74 Å². The lowest BCUT2D eigenvalue weighted by atomic mass is 10.1. The molecule has 0 unspecified atom stereocenters. The van der Waals surface area contributed by atoms with Crippen molar-refractivity contribution < 1.29 is 9.53 Å². The third-order valence-electron chi connectivity index (χ3n) is 3.50. The molecule has 1 N–H and O–H groups in total. The molecule has 0 aromatic carbocycles. The van der Waals surface area contributed by atoms with Crippen LogP contribution in [0.15, 0.2) is 0 Å². The summed E-state index contributed by atoms with van der Waals surface area (Å²) in [4.78, 5) is 13.7. The zero-order valence-electron chi connectivity index (χ0n) is 11.9. The van der Waals surface area contributed by atoms with Crippen molar-refractivity contribution in [3.8, 4) is 0 Å². The molecule has 0 spiro atoms. The summed E-state index contributed by atoms with van der Waals surface area (Å²) >= 11 is 0. The average Bonchev–Trinajstić information content (AvgIpc) is 2.92. The average molecular weight is 254 g/mol. The Hall–Kier alpha value is -0.770. The third-order valence-corrected chi connectivity index (χ3v) is 3.50. The number of nitrogens with one attached hydrogen (secondary N) is 1. The van der Waals surface area contributed by atoms with Gasteiger partial charge < -0.3 is 15.0 Å². The van der Waals surface area contributed by atoms with E-state index < -0.39 is 0 Å². The zero-order chi connectivity index (χ0) is 13.2. The first-order valence-electron chi connectivity index (χ1n) is 7.15. The topological polar surface area (TPSA) is 41.6 Å². The highest BCUT2D eigenvalue weighted by molar-refractivity contribution is 5.68. The van der Waals surface area contributed by atoms with Crippen molar-refractivity contribution in [3.05, 3.63) is 0 Å². The molecule has 4 heteroatoms. The minimum atomic E-state index is -0.386. The monoisotopic (exact) mass is 254 g/mol. The van der Waals surface area contributed by atoms with Gasteiger partial charge in [-0.2, -0.15) is 0 Å². The summed E-state index contributed by atoms with van der Waals surface area (Å²) in [5, 5.41) is 3.53. The van der Waals surface area contributed by atoms with Crippen LogP contribution >= 0.6 is 0 Å². The lowest BCUT2D eigenvalue weighted by Gasteiger charge is -2.24.